The number of anilines is 1. The van der Waals surface area contributed by atoms with Crippen molar-refractivity contribution in [1.82, 2.24) is 0 Å². The lowest BCUT2D eigenvalue weighted by Crippen LogP contribution is -2.24. The van der Waals surface area contributed by atoms with Gasteiger partial charge in [-0.15, -0.1) is 0 Å². The zero-order valence-electron chi connectivity index (χ0n) is 15.1. The van der Waals surface area contributed by atoms with Gasteiger partial charge in [0.25, 0.3) is 5.91 Å². The van der Waals surface area contributed by atoms with Crippen LogP contribution in [-0.2, 0) is 4.79 Å². The summed E-state index contributed by atoms with van der Waals surface area (Å²) in [5.41, 5.74) is 12.7. The number of hydrogen-bond donors (Lipinski definition) is 3. The molecule has 140 valence electrons. The molecule has 1 aliphatic carbocycles. The predicted molar refractivity (Wildman–Crippen MR) is 110 cm³/mol. The number of hydrogen-bond acceptors (Lipinski definition) is 2. The van der Waals surface area contributed by atoms with Gasteiger partial charge in [-0.1, -0.05) is 42.5 Å². The van der Waals surface area contributed by atoms with E-state index < -0.39 is 5.91 Å². The zero-order chi connectivity index (χ0) is 19.7. The number of carbonyl (C=O) groups excluding carboxylic acids is 2. The van der Waals surface area contributed by atoms with E-state index >= 15 is 0 Å². The third-order valence-corrected chi connectivity index (χ3v) is 4.94. The van der Waals surface area contributed by atoms with E-state index in [0.717, 1.165) is 28.4 Å². The second kappa shape index (κ2) is 7.15. The molecule has 0 aliphatic heterocycles. The number of carbonyl (C=O) groups is 2. The Kier molecular flexibility index (Phi) is 4.53. The van der Waals surface area contributed by atoms with Gasteiger partial charge in [-0.3, -0.25) is 9.59 Å². The van der Waals surface area contributed by atoms with Gasteiger partial charge in [0.05, 0.1) is 0 Å². The molecule has 0 bridgehead atoms. The van der Waals surface area contributed by atoms with Crippen LogP contribution in [-0.4, -0.2) is 17.8 Å². The zero-order valence-corrected chi connectivity index (χ0v) is 15.1. The van der Waals surface area contributed by atoms with Crippen molar-refractivity contribution in [2.24, 2.45) is 22.4 Å². The molecule has 4 rings (SSSR count). The fourth-order valence-electron chi connectivity index (χ4n) is 3.44. The van der Waals surface area contributed by atoms with Crippen LogP contribution in [0.5, 0.6) is 0 Å². The molecule has 0 heterocycles. The Morgan fingerprint density at radius 3 is 2.50 bits per heavy atom. The van der Waals surface area contributed by atoms with Crippen LogP contribution in [0.4, 0.5) is 5.69 Å². The maximum absolute atomic E-state index is 12.6. The number of rotatable bonds is 4. The molecule has 5 N–H and O–H groups in total. The number of nitrogens with two attached hydrogens (primary N) is 2. The topological polar surface area (TPSA) is 111 Å². The Hall–Kier alpha value is -3.67. The van der Waals surface area contributed by atoms with Gasteiger partial charge in [-0.2, -0.15) is 4.99 Å². The van der Waals surface area contributed by atoms with Gasteiger partial charge in [-0.25, -0.2) is 0 Å². The van der Waals surface area contributed by atoms with Crippen LogP contribution in [0.2, 0.25) is 0 Å². The summed E-state index contributed by atoms with van der Waals surface area (Å²) in [7, 11) is 0. The number of nitrogens with one attached hydrogen (secondary N) is 1. The average Bonchev–Trinajstić information content (AvgIpc) is 3.48. The van der Waals surface area contributed by atoms with Crippen LogP contribution in [0.3, 0.4) is 0 Å². The smallest absolute Gasteiger partial charge is 0.280 e. The number of fused-ring (bicyclic) bond motifs is 1. The van der Waals surface area contributed by atoms with Crippen molar-refractivity contribution in [2.75, 3.05) is 5.32 Å². The molecule has 0 unspecified atom stereocenters. The molecule has 2 atom stereocenters. The molecule has 6 heteroatoms. The second-order valence-electron chi connectivity index (χ2n) is 6.97. The first-order valence-corrected chi connectivity index (χ1v) is 9.05. The van der Waals surface area contributed by atoms with E-state index in [1.165, 1.54) is 0 Å². The molecule has 6 nitrogen and oxygen atoms in total. The summed E-state index contributed by atoms with van der Waals surface area (Å²) < 4.78 is 0. The van der Waals surface area contributed by atoms with Gasteiger partial charge in [0.1, 0.15) is 0 Å². The highest BCUT2D eigenvalue weighted by Crippen LogP contribution is 2.48. The largest absolute Gasteiger partial charge is 0.370 e. The van der Waals surface area contributed by atoms with E-state index in [1.807, 2.05) is 48.5 Å². The van der Waals surface area contributed by atoms with Crippen LogP contribution < -0.4 is 16.8 Å². The third-order valence-electron chi connectivity index (χ3n) is 4.94. The van der Waals surface area contributed by atoms with Crippen molar-refractivity contribution in [3.8, 4) is 0 Å². The van der Waals surface area contributed by atoms with Gasteiger partial charge in [-0.05, 0) is 52.9 Å². The summed E-state index contributed by atoms with van der Waals surface area (Å²) in [6.45, 7) is 0. The summed E-state index contributed by atoms with van der Waals surface area (Å²) >= 11 is 0. The quantitative estimate of drug-likeness (QED) is 0.483. The van der Waals surface area contributed by atoms with Gasteiger partial charge in [0, 0.05) is 17.2 Å². The van der Waals surface area contributed by atoms with E-state index in [-0.39, 0.29) is 23.7 Å². The highest BCUT2D eigenvalue weighted by atomic mass is 16.2. The fourth-order valence-corrected chi connectivity index (χ4v) is 3.44. The molecule has 0 spiro atoms. The molecular weight excluding hydrogens is 352 g/mol. The minimum atomic E-state index is -0.486. The van der Waals surface area contributed by atoms with E-state index in [9.17, 15) is 9.59 Å². The van der Waals surface area contributed by atoms with Crippen LogP contribution in [0.1, 0.15) is 28.3 Å². The number of aliphatic imine (C=N–C) groups is 1. The second-order valence-corrected chi connectivity index (χ2v) is 6.97. The lowest BCUT2D eigenvalue weighted by atomic mass is 10.0. The van der Waals surface area contributed by atoms with Crippen molar-refractivity contribution >= 4 is 34.2 Å². The number of nitrogens with zero attached hydrogens (tertiary/aromatic N) is 1. The summed E-state index contributed by atoms with van der Waals surface area (Å²) in [5.74, 6) is -0.789. The van der Waals surface area contributed by atoms with E-state index in [0.29, 0.717) is 5.56 Å². The fraction of sp³-hybridized carbons (Fsp3) is 0.136. The maximum atomic E-state index is 12.6. The van der Waals surface area contributed by atoms with Gasteiger partial charge in [0.15, 0.2) is 5.96 Å². The minimum absolute atomic E-state index is 0.0127. The van der Waals surface area contributed by atoms with Crippen LogP contribution >= 0.6 is 0 Å². The van der Waals surface area contributed by atoms with E-state index in [2.05, 4.69) is 10.3 Å². The van der Waals surface area contributed by atoms with Gasteiger partial charge in [0.2, 0.25) is 5.91 Å². The summed E-state index contributed by atoms with van der Waals surface area (Å²) in [4.78, 5) is 28.2. The first-order chi connectivity index (χ1) is 13.5. The summed E-state index contributed by atoms with van der Waals surface area (Å²) in [6.07, 6.45) is 0.749. The van der Waals surface area contributed by atoms with Crippen molar-refractivity contribution in [1.29, 1.82) is 0 Å². The number of amides is 2. The van der Waals surface area contributed by atoms with Gasteiger partial charge < -0.3 is 16.8 Å². The Morgan fingerprint density at radius 1 is 0.929 bits per heavy atom. The van der Waals surface area contributed by atoms with Crippen molar-refractivity contribution in [2.45, 2.75) is 12.3 Å². The molecule has 28 heavy (non-hydrogen) atoms. The van der Waals surface area contributed by atoms with E-state index in [1.54, 1.807) is 18.2 Å². The lowest BCUT2D eigenvalue weighted by molar-refractivity contribution is -0.117. The maximum Gasteiger partial charge on any atom is 0.280 e. The molecule has 0 radical (unpaired) electrons. The van der Waals surface area contributed by atoms with Gasteiger partial charge >= 0.3 is 0 Å². The van der Waals surface area contributed by atoms with Crippen LogP contribution in [0.25, 0.3) is 10.8 Å². The molecule has 3 aromatic carbocycles. The predicted octanol–water partition coefficient (Wildman–Crippen LogP) is 3.00. The lowest BCUT2D eigenvalue weighted by Gasteiger charge is -2.07. The average molecular weight is 372 g/mol. The molecular formula is C22H20N4O2. The monoisotopic (exact) mass is 372 g/mol. The van der Waals surface area contributed by atoms with Crippen molar-refractivity contribution in [3.63, 3.8) is 0 Å². The SMILES string of the molecule is NC(N)=NC(=O)c1cccc([C@@H]2C[C@H]2C(=O)Nc2ccc3ccccc3c2)c1. The van der Waals surface area contributed by atoms with E-state index in [4.69, 9.17) is 11.5 Å². The molecule has 0 aromatic heterocycles. The molecule has 1 fully saturated rings. The molecule has 2 amide bonds. The summed E-state index contributed by atoms with van der Waals surface area (Å²) in [5, 5.41) is 5.21. The summed E-state index contributed by atoms with van der Waals surface area (Å²) in [6, 6.07) is 21.0. The Labute approximate surface area is 162 Å². The standard InChI is InChI=1S/C22H20N4O2/c23-22(24)26-20(27)16-7-3-6-15(10-16)18-12-19(18)21(28)25-17-9-8-13-4-1-2-5-14(13)11-17/h1-11,18-19H,12H2,(H,25,28)(H4,23,24,26,27)/t18-,19+/m0/s1. The molecule has 0 saturated heterocycles. The normalized spacial score (nSPS) is 17.7. The van der Waals surface area contributed by atoms with Crippen molar-refractivity contribution < 1.29 is 9.59 Å². The Morgan fingerprint density at radius 2 is 1.71 bits per heavy atom. The first kappa shape index (κ1) is 17.7. The Balaban J connectivity index is 1.45. The molecule has 1 saturated carbocycles. The van der Waals surface area contributed by atoms with Crippen molar-refractivity contribution in [3.05, 3.63) is 77.9 Å². The Bertz CT molecular complexity index is 1100. The first-order valence-electron chi connectivity index (χ1n) is 9.05. The third kappa shape index (κ3) is 3.71. The van der Waals surface area contributed by atoms with Crippen LogP contribution in [0, 0.1) is 5.92 Å². The number of guanidine groups is 1. The minimum Gasteiger partial charge on any atom is -0.370 e. The highest BCUT2D eigenvalue weighted by Gasteiger charge is 2.44. The molecule has 1 aliphatic rings. The molecule has 3 aromatic rings. The highest BCUT2D eigenvalue weighted by molar-refractivity contribution is 6.02. The number of benzene rings is 3. The van der Waals surface area contributed by atoms with Crippen LogP contribution in [0.15, 0.2) is 71.7 Å².